The normalized spacial score (nSPS) is 10.5. The molecule has 5 heteroatoms. The summed E-state index contributed by atoms with van der Waals surface area (Å²) in [4.78, 5) is 4.42. The molecule has 4 nitrogen and oxygen atoms in total. The van der Waals surface area contributed by atoms with Gasteiger partial charge in [-0.25, -0.2) is 4.98 Å². The Balaban J connectivity index is 1.95. The maximum atomic E-state index is 5.25. The van der Waals surface area contributed by atoms with Gasteiger partial charge in [-0.2, -0.15) is 0 Å². The van der Waals surface area contributed by atoms with Crippen molar-refractivity contribution in [1.29, 1.82) is 0 Å². The molecule has 0 atom stereocenters. The molecule has 0 saturated heterocycles. The van der Waals surface area contributed by atoms with Crippen LogP contribution in [0.5, 0.6) is 11.5 Å². The first-order chi connectivity index (χ1) is 9.21. The summed E-state index contributed by atoms with van der Waals surface area (Å²) in [5, 5.41) is 6.54. The summed E-state index contributed by atoms with van der Waals surface area (Å²) in [6, 6.07) is 5.87. The molecule has 2 rings (SSSR count). The largest absolute Gasteiger partial charge is 0.497 e. The Morgan fingerprint density at radius 1 is 1.11 bits per heavy atom. The predicted octanol–water partition coefficient (Wildman–Crippen LogP) is 2.76. The van der Waals surface area contributed by atoms with Crippen LogP contribution in [0.4, 0.5) is 0 Å². The minimum absolute atomic E-state index is 0.754. The summed E-state index contributed by atoms with van der Waals surface area (Å²) < 4.78 is 10.5. The molecule has 0 aliphatic carbocycles. The second-order valence-electron chi connectivity index (χ2n) is 4.18. The third kappa shape index (κ3) is 3.94. The number of thiazole rings is 1. The number of nitrogens with one attached hydrogen (secondary N) is 1. The maximum Gasteiger partial charge on any atom is 0.122 e. The summed E-state index contributed by atoms with van der Waals surface area (Å²) >= 11 is 1.67. The van der Waals surface area contributed by atoms with Gasteiger partial charge in [0.15, 0.2) is 0 Å². The van der Waals surface area contributed by atoms with Crippen molar-refractivity contribution in [3.05, 3.63) is 39.8 Å². The van der Waals surface area contributed by atoms with Gasteiger partial charge in [0.25, 0.3) is 0 Å². The Bertz CT molecular complexity index is 518. The number of benzene rings is 1. The van der Waals surface area contributed by atoms with E-state index in [1.54, 1.807) is 25.6 Å². The lowest BCUT2D eigenvalue weighted by Gasteiger charge is -2.09. The number of ether oxygens (including phenoxy) is 2. The van der Waals surface area contributed by atoms with E-state index in [-0.39, 0.29) is 0 Å². The number of hydrogen-bond donors (Lipinski definition) is 1. The van der Waals surface area contributed by atoms with Gasteiger partial charge in [-0.1, -0.05) is 0 Å². The Kier molecular flexibility index (Phi) is 4.76. The molecule has 0 unspecified atom stereocenters. The first-order valence-corrected chi connectivity index (χ1v) is 6.93. The van der Waals surface area contributed by atoms with Crippen LogP contribution in [0.15, 0.2) is 23.6 Å². The molecule has 0 saturated carbocycles. The molecule has 2 aromatic rings. The van der Waals surface area contributed by atoms with E-state index in [1.165, 1.54) is 0 Å². The van der Waals surface area contributed by atoms with Crippen molar-refractivity contribution in [3.8, 4) is 11.5 Å². The van der Waals surface area contributed by atoms with Crippen LogP contribution < -0.4 is 14.8 Å². The van der Waals surface area contributed by atoms with Crippen molar-refractivity contribution in [2.45, 2.75) is 20.0 Å². The van der Waals surface area contributed by atoms with E-state index in [4.69, 9.17) is 9.47 Å². The van der Waals surface area contributed by atoms with E-state index in [1.807, 2.05) is 25.1 Å². The zero-order valence-electron chi connectivity index (χ0n) is 11.4. The monoisotopic (exact) mass is 278 g/mol. The van der Waals surface area contributed by atoms with E-state index in [2.05, 4.69) is 15.7 Å². The number of methoxy groups -OCH3 is 2. The van der Waals surface area contributed by atoms with Gasteiger partial charge in [-0.15, -0.1) is 11.3 Å². The molecule has 1 heterocycles. The van der Waals surface area contributed by atoms with E-state index in [9.17, 15) is 0 Å². The highest BCUT2D eigenvalue weighted by molar-refractivity contribution is 7.09. The van der Waals surface area contributed by atoms with Crippen molar-refractivity contribution in [2.24, 2.45) is 0 Å². The average Bonchev–Trinajstić information content (AvgIpc) is 2.84. The van der Waals surface area contributed by atoms with Gasteiger partial charge < -0.3 is 14.8 Å². The minimum Gasteiger partial charge on any atom is -0.497 e. The zero-order chi connectivity index (χ0) is 13.7. The van der Waals surface area contributed by atoms with Gasteiger partial charge in [0, 0.05) is 24.5 Å². The highest BCUT2D eigenvalue weighted by Crippen LogP contribution is 2.22. The standard InChI is InChI=1S/C14H18N2O2S/c1-10-16-12(9-19-10)8-15-7-11-4-13(17-2)6-14(5-11)18-3/h4-6,9,15H,7-8H2,1-3H3. The van der Waals surface area contributed by atoms with Gasteiger partial charge in [0.05, 0.1) is 24.9 Å². The molecule has 0 aliphatic heterocycles. The van der Waals surface area contributed by atoms with Gasteiger partial charge in [0.1, 0.15) is 11.5 Å². The average molecular weight is 278 g/mol. The Labute approximate surface area is 117 Å². The fourth-order valence-corrected chi connectivity index (χ4v) is 2.41. The molecule has 1 N–H and O–H groups in total. The number of nitrogens with zero attached hydrogens (tertiary/aromatic N) is 1. The topological polar surface area (TPSA) is 43.4 Å². The molecular weight excluding hydrogens is 260 g/mol. The molecule has 0 fully saturated rings. The highest BCUT2D eigenvalue weighted by Gasteiger charge is 2.02. The summed E-state index contributed by atoms with van der Waals surface area (Å²) in [5.41, 5.74) is 2.21. The van der Waals surface area contributed by atoms with Crippen LogP contribution >= 0.6 is 11.3 Å². The van der Waals surface area contributed by atoms with Crippen molar-refractivity contribution >= 4 is 11.3 Å². The molecule has 19 heavy (non-hydrogen) atoms. The molecule has 0 amide bonds. The molecule has 0 aliphatic rings. The quantitative estimate of drug-likeness (QED) is 0.882. The van der Waals surface area contributed by atoms with Crippen LogP contribution in [0.2, 0.25) is 0 Å². The van der Waals surface area contributed by atoms with Crippen LogP contribution in [0.3, 0.4) is 0 Å². The lowest BCUT2D eigenvalue weighted by Crippen LogP contribution is -2.13. The second-order valence-corrected chi connectivity index (χ2v) is 5.24. The van der Waals surface area contributed by atoms with Crippen LogP contribution in [0.25, 0.3) is 0 Å². The minimum atomic E-state index is 0.754. The zero-order valence-corrected chi connectivity index (χ0v) is 12.2. The number of aryl methyl sites for hydroxylation is 1. The molecule has 1 aromatic carbocycles. The third-order valence-electron chi connectivity index (χ3n) is 2.71. The van der Waals surface area contributed by atoms with Crippen molar-refractivity contribution in [1.82, 2.24) is 10.3 Å². The molecule has 0 radical (unpaired) electrons. The van der Waals surface area contributed by atoms with Crippen molar-refractivity contribution in [3.63, 3.8) is 0 Å². The van der Waals surface area contributed by atoms with E-state index < -0.39 is 0 Å². The van der Waals surface area contributed by atoms with Gasteiger partial charge in [0.2, 0.25) is 0 Å². The lowest BCUT2D eigenvalue weighted by molar-refractivity contribution is 0.393. The van der Waals surface area contributed by atoms with Gasteiger partial charge in [-0.05, 0) is 24.6 Å². The van der Waals surface area contributed by atoms with Crippen LogP contribution in [-0.2, 0) is 13.1 Å². The number of aromatic nitrogens is 1. The Hall–Kier alpha value is -1.59. The van der Waals surface area contributed by atoms with Crippen LogP contribution in [0, 0.1) is 6.92 Å². The molecule has 0 spiro atoms. The van der Waals surface area contributed by atoms with E-state index in [0.717, 1.165) is 40.9 Å². The highest BCUT2D eigenvalue weighted by atomic mass is 32.1. The van der Waals surface area contributed by atoms with Crippen molar-refractivity contribution < 1.29 is 9.47 Å². The summed E-state index contributed by atoms with van der Waals surface area (Å²) in [6.07, 6.45) is 0. The molecule has 102 valence electrons. The van der Waals surface area contributed by atoms with Crippen molar-refractivity contribution in [2.75, 3.05) is 14.2 Å². The summed E-state index contributed by atoms with van der Waals surface area (Å²) in [7, 11) is 3.31. The predicted molar refractivity (Wildman–Crippen MR) is 76.9 cm³/mol. The first kappa shape index (κ1) is 13.8. The SMILES string of the molecule is COc1cc(CNCc2csc(C)n2)cc(OC)c1. The fraction of sp³-hybridized carbons (Fsp3) is 0.357. The molecule has 0 bridgehead atoms. The molecule has 1 aromatic heterocycles. The Morgan fingerprint density at radius 3 is 2.32 bits per heavy atom. The fourth-order valence-electron chi connectivity index (χ4n) is 1.79. The summed E-state index contributed by atoms with van der Waals surface area (Å²) in [6.45, 7) is 3.54. The van der Waals surface area contributed by atoms with Gasteiger partial charge in [-0.3, -0.25) is 0 Å². The van der Waals surface area contributed by atoms with Crippen LogP contribution in [-0.4, -0.2) is 19.2 Å². The third-order valence-corrected chi connectivity index (χ3v) is 3.54. The van der Waals surface area contributed by atoms with E-state index in [0.29, 0.717) is 0 Å². The number of rotatable bonds is 6. The second kappa shape index (κ2) is 6.54. The summed E-state index contributed by atoms with van der Waals surface area (Å²) in [5.74, 6) is 1.61. The maximum absolute atomic E-state index is 5.25. The smallest absolute Gasteiger partial charge is 0.122 e. The van der Waals surface area contributed by atoms with Gasteiger partial charge >= 0.3 is 0 Å². The first-order valence-electron chi connectivity index (χ1n) is 6.05. The van der Waals surface area contributed by atoms with Crippen LogP contribution in [0.1, 0.15) is 16.3 Å². The van der Waals surface area contributed by atoms with E-state index >= 15 is 0 Å². The molecular formula is C14H18N2O2S. The number of hydrogen-bond acceptors (Lipinski definition) is 5. The lowest BCUT2D eigenvalue weighted by atomic mass is 10.2. The Morgan fingerprint density at radius 2 is 1.79 bits per heavy atom.